The fraction of sp³-hybridized carbons (Fsp3) is 1.00. The van der Waals surface area contributed by atoms with Crippen molar-refractivity contribution in [3.05, 3.63) is 0 Å². The fourth-order valence-corrected chi connectivity index (χ4v) is 4.86. The summed E-state index contributed by atoms with van der Waals surface area (Å²) in [5.41, 5.74) is 5.82. The smallest absolute Gasteiger partial charge is 0.214 e. The zero-order valence-electron chi connectivity index (χ0n) is 9.22. The predicted octanol–water partition coefficient (Wildman–Crippen LogP) is 0.538. The molecule has 0 aromatic carbocycles. The molecule has 2 rings (SSSR count). The van der Waals surface area contributed by atoms with Crippen LogP contribution in [0.25, 0.3) is 0 Å². The summed E-state index contributed by atoms with van der Waals surface area (Å²) in [5.74, 6) is 0.612. The second kappa shape index (κ2) is 4.03. The molecule has 2 aliphatic rings. The zero-order valence-corrected chi connectivity index (χ0v) is 10.0. The highest BCUT2D eigenvalue weighted by Gasteiger charge is 2.39. The third-order valence-corrected chi connectivity index (χ3v) is 5.64. The average Bonchev–Trinajstić information content (AvgIpc) is 2.41. The average molecular weight is 232 g/mol. The van der Waals surface area contributed by atoms with Gasteiger partial charge in [-0.05, 0) is 31.6 Å². The van der Waals surface area contributed by atoms with Gasteiger partial charge in [0.05, 0.1) is 5.75 Å². The van der Waals surface area contributed by atoms with Crippen LogP contribution in [-0.2, 0) is 10.0 Å². The van der Waals surface area contributed by atoms with Crippen LogP contribution in [0.2, 0.25) is 0 Å². The molecule has 1 saturated carbocycles. The zero-order chi connectivity index (χ0) is 11.1. The van der Waals surface area contributed by atoms with Crippen molar-refractivity contribution in [1.82, 2.24) is 4.31 Å². The molecule has 1 saturated heterocycles. The lowest BCUT2D eigenvalue weighted by atomic mass is 9.91. The van der Waals surface area contributed by atoms with E-state index in [1.54, 1.807) is 4.31 Å². The normalized spacial score (nSPS) is 41.9. The second-order valence-corrected chi connectivity index (χ2v) is 6.99. The summed E-state index contributed by atoms with van der Waals surface area (Å²) in [6.07, 6.45) is 3.80. The van der Waals surface area contributed by atoms with Crippen LogP contribution in [0, 0.1) is 5.92 Å². The monoisotopic (exact) mass is 232 g/mol. The lowest BCUT2D eigenvalue weighted by Crippen LogP contribution is -2.41. The summed E-state index contributed by atoms with van der Waals surface area (Å²) in [6, 6.07) is 0.503. The van der Waals surface area contributed by atoms with Crippen LogP contribution >= 0.6 is 0 Å². The topological polar surface area (TPSA) is 63.4 Å². The Balaban J connectivity index is 2.05. The Bertz CT molecular complexity index is 320. The fourth-order valence-electron chi connectivity index (χ4n) is 2.69. The SMILES string of the molecule is CC1CN(C2CCC(N)CC2)S(=O)(=O)C1. The van der Waals surface area contributed by atoms with Crippen molar-refractivity contribution in [2.45, 2.75) is 44.7 Å². The van der Waals surface area contributed by atoms with Gasteiger partial charge in [-0.2, -0.15) is 4.31 Å². The standard InChI is InChI=1S/C10H20N2O2S/c1-8-6-12(15(13,14)7-8)10-4-2-9(11)3-5-10/h8-10H,2-7,11H2,1H3. The lowest BCUT2D eigenvalue weighted by Gasteiger charge is -2.32. The van der Waals surface area contributed by atoms with Crippen molar-refractivity contribution in [1.29, 1.82) is 0 Å². The number of nitrogens with two attached hydrogens (primary N) is 1. The van der Waals surface area contributed by atoms with E-state index >= 15 is 0 Å². The maximum absolute atomic E-state index is 11.8. The van der Waals surface area contributed by atoms with Gasteiger partial charge in [-0.15, -0.1) is 0 Å². The van der Waals surface area contributed by atoms with Crippen molar-refractivity contribution < 1.29 is 8.42 Å². The third-order valence-electron chi connectivity index (χ3n) is 3.49. The Kier molecular flexibility index (Phi) is 3.05. The van der Waals surface area contributed by atoms with E-state index in [0.29, 0.717) is 12.3 Å². The highest BCUT2D eigenvalue weighted by molar-refractivity contribution is 7.89. The van der Waals surface area contributed by atoms with E-state index < -0.39 is 10.0 Å². The van der Waals surface area contributed by atoms with E-state index in [1.165, 1.54) is 0 Å². The van der Waals surface area contributed by atoms with E-state index in [0.717, 1.165) is 25.7 Å². The van der Waals surface area contributed by atoms with Crippen molar-refractivity contribution in [3.8, 4) is 0 Å². The molecule has 0 spiro atoms. The largest absolute Gasteiger partial charge is 0.328 e. The molecule has 0 radical (unpaired) electrons. The van der Waals surface area contributed by atoms with Crippen LogP contribution in [0.15, 0.2) is 0 Å². The molecule has 1 aliphatic heterocycles. The van der Waals surface area contributed by atoms with Gasteiger partial charge in [0.25, 0.3) is 0 Å². The molecule has 0 aromatic rings. The first-order chi connectivity index (χ1) is 6.99. The first kappa shape index (κ1) is 11.4. The van der Waals surface area contributed by atoms with E-state index in [2.05, 4.69) is 0 Å². The summed E-state index contributed by atoms with van der Waals surface area (Å²) in [5, 5.41) is 0. The number of sulfonamides is 1. The maximum atomic E-state index is 11.8. The van der Waals surface area contributed by atoms with Crippen molar-refractivity contribution in [3.63, 3.8) is 0 Å². The molecule has 2 N–H and O–H groups in total. The van der Waals surface area contributed by atoms with Crippen LogP contribution < -0.4 is 5.73 Å². The van der Waals surface area contributed by atoms with Gasteiger partial charge in [0.2, 0.25) is 10.0 Å². The maximum Gasteiger partial charge on any atom is 0.214 e. The van der Waals surface area contributed by atoms with Gasteiger partial charge in [-0.3, -0.25) is 0 Å². The van der Waals surface area contributed by atoms with Crippen LogP contribution in [0.3, 0.4) is 0 Å². The summed E-state index contributed by atoms with van der Waals surface area (Å²) in [6.45, 7) is 2.72. The van der Waals surface area contributed by atoms with E-state index in [9.17, 15) is 8.42 Å². The van der Waals surface area contributed by atoms with Gasteiger partial charge in [0.1, 0.15) is 0 Å². The summed E-state index contributed by atoms with van der Waals surface area (Å²) in [4.78, 5) is 0. The molecule has 0 aromatic heterocycles. The molecular formula is C10H20N2O2S. The van der Waals surface area contributed by atoms with Gasteiger partial charge in [-0.1, -0.05) is 6.92 Å². The molecule has 1 aliphatic carbocycles. The quantitative estimate of drug-likeness (QED) is 0.717. The first-order valence-corrected chi connectivity index (χ1v) is 7.35. The van der Waals surface area contributed by atoms with Crippen molar-refractivity contribution in [2.24, 2.45) is 11.7 Å². The molecule has 4 nitrogen and oxygen atoms in total. The minimum atomic E-state index is -2.96. The van der Waals surface area contributed by atoms with E-state index in [1.807, 2.05) is 6.92 Å². The van der Waals surface area contributed by atoms with Gasteiger partial charge in [0.15, 0.2) is 0 Å². The first-order valence-electron chi connectivity index (χ1n) is 5.74. The van der Waals surface area contributed by atoms with Crippen LogP contribution in [0.5, 0.6) is 0 Å². The van der Waals surface area contributed by atoms with Gasteiger partial charge in [-0.25, -0.2) is 8.42 Å². The minimum absolute atomic E-state index is 0.222. The van der Waals surface area contributed by atoms with E-state index in [4.69, 9.17) is 5.73 Å². The van der Waals surface area contributed by atoms with E-state index in [-0.39, 0.29) is 18.0 Å². The molecule has 1 heterocycles. The molecule has 88 valence electrons. The van der Waals surface area contributed by atoms with Crippen LogP contribution in [0.4, 0.5) is 0 Å². The number of rotatable bonds is 1. The number of nitrogens with zero attached hydrogens (tertiary/aromatic N) is 1. The Morgan fingerprint density at radius 1 is 1.20 bits per heavy atom. The highest BCUT2D eigenvalue weighted by Crippen LogP contribution is 2.29. The van der Waals surface area contributed by atoms with Gasteiger partial charge in [0, 0.05) is 18.6 Å². The predicted molar refractivity (Wildman–Crippen MR) is 59.9 cm³/mol. The third kappa shape index (κ3) is 2.34. The van der Waals surface area contributed by atoms with Crippen molar-refractivity contribution >= 4 is 10.0 Å². The summed E-state index contributed by atoms with van der Waals surface area (Å²) < 4.78 is 25.4. The molecule has 0 amide bonds. The van der Waals surface area contributed by atoms with Crippen molar-refractivity contribution in [2.75, 3.05) is 12.3 Å². The Hall–Kier alpha value is -0.130. The number of hydrogen-bond donors (Lipinski definition) is 1. The molecule has 1 unspecified atom stereocenters. The molecule has 5 heteroatoms. The van der Waals surface area contributed by atoms with Crippen LogP contribution in [0.1, 0.15) is 32.6 Å². The van der Waals surface area contributed by atoms with Crippen LogP contribution in [-0.4, -0.2) is 37.1 Å². The minimum Gasteiger partial charge on any atom is -0.328 e. The highest BCUT2D eigenvalue weighted by atomic mass is 32.2. The molecule has 1 atom stereocenters. The molecule has 2 fully saturated rings. The Labute approximate surface area is 91.9 Å². The summed E-state index contributed by atoms with van der Waals surface area (Å²) in [7, 11) is -2.96. The summed E-state index contributed by atoms with van der Waals surface area (Å²) >= 11 is 0. The molecule has 0 bridgehead atoms. The number of hydrogen-bond acceptors (Lipinski definition) is 3. The lowest BCUT2D eigenvalue weighted by molar-refractivity contribution is 0.242. The van der Waals surface area contributed by atoms with Gasteiger partial charge >= 0.3 is 0 Å². The Morgan fingerprint density at radius 2 is 1.80 bits per heavy atom. The molecule has 15 heavy (non-hydrogen) atoms. The van der Waals surface area contributed by atoms with Gasteiger partial charge < -0.3 is 5.73 Å². The Morgan fingerprint density at radius 3 is 2.27 bits per heavy atom. The molecular weight excluding hydrogens is 212 g/mol. The second-order valence-electron chi connectivity index (χ2n) is 5.02.